The van der Waals surface area contributed by atoms with Gasteiger partial charge < -0.3 is 10.5 Å². The molecule has 0 radical (unpaired) electrons. The fraction of sp³-hybridized carbons (Fsp3) is 0.857. The summed E-state index contributed by atoms with van der Waals surface area (Å²) in [5, 5.41) is 0. The number of carbonyl (C=O) groups excluding carboxylic acids is 1. The summed E-state index contributed by atoms with van der Waals surface area (Å²) in [5.74, 6) is -0.257. The van der Waals surface area contributed by atoms with E-state index in [0.29, 0.717) is 0 Å². The van der Waals surface area contributed by atoms with Crippen molar-refractivity contribution >= 4 is 5.91 Å². The van der Waals surface area contributed by atoms with Gasteiger partial charge in [-0.25, -0.2) is 0 Å². The van der Waals surface area contributed by atoms with Crippen LogP contribution in [0.5, 0.6) is 0 Å². The molecule has 0 aromatic rings. The lowest BCUT2D eigenvalue weighted by molar-refractivity contribution is -0.121. The van der Waals surface area contributed by atoms with Crippen LogP contribution in [0.2, 0.25) is 0 Å². The first-order chi connectivity index (χ1) is 5.15. The fourth-order valence-corrected chi connectivity index (χ4v) is 1.46. The fourth-order valence-electron chi connectivity index (χ4n) is 1.46. The third-order valence-corrected chi connectivity index (χ3v) is 2.17. The Bertz CT molecular complexity index is 161. The van der Waals surface area contributed by atoms with Gasteiger partial charge >= 0.3 is 0 Å². The van der Waals surface area contributed by atoms with E-state index in [0.717, 1.165) is 13.0 Å². The van der Waals surface area contributed by atoms with Crippen molar-refractivity contribution in [1.82, 2.24) is 4.90 Å². The number of nitrogens with zero attached hydrogens (tertiary/aromatic N) is 1. The van der Waals surface area contributed by atoms with Crippen LogP contribution in [0.4, 0.5) is 0 Å². The van der Waals surface area contributed by atoms with Crippen LogP contribution in [0.1, 0.15) is 6.42 Å². The minimum absolute atomic E-state index is 0.139. The molecule has 1 rings (SSSR count). The predicted molar refractivity (Wildman–Crippen MR) is 41.0 cm³/mol. The van der Waals surface area contributed by atoms with Crippen molar-refractivity contribution < 1.29 is 9.53 Å². The Morgan fingerprint density at radius 2 is 2.36 bits per heavy atom. The lowest BCUT2D eigenvalue weighted by atomic mass is 10.2. The molecule has 1 fully saturated rings. The maximum absolute atomic E-state index is 10.8. The molecule has 0 saturated carbocycles. The lowest BCUT2D eigenvalue weighted by Crippen LogP contribution is -2.37. The number of methoxy groups -OCH3 is 1. The zero-order valence-electron chi connectivity index (χ0n) is 6.91. The van der Waals surface area contributed by atoms with Crippen LogP contribution in [0.15, 0.2) is 0 Å². The topological polar surface area (TPSA) is 55.6 Å². The van der Waals surface area contributed by atoms with E-state index in [9.17, 15) is 4.79 Å². The number of ether oxygens (including phenoxy) is 1. The van der Waals surface area contributed by atoms with Gasteiger partial charge in [0.05, 0.1) is 12.1 Å². The van der Waals surface area contributed by atoms with Crippen LogP contribution in [0.3, 0.4) is 0 Å². The van der Waals surface area contributed by atoms with E-state index in [1.807, 2.05) is 11.9 Å². The molecule has 4 heteroatoms. The second kappa shape index (κ2) is 3.19. The lowest BCUT2D eigenvalue weighted by Gasteiger charge is -2.13. The van der Waals surface area contributed by atoms with Crippen molar-refractivity contribution in [2.24, 2.45) is 5.73 Å². The van der Waals surface area contributed by atoms with Gasteiger partial charge in [0.15, 0.2) is 0 Å². The summed E-state index contributed by atoms with van der Waals surface area (Å²) < 4.78 is 5.11. The normalized spacial score (nSPS) is 32.5. The third-order valence-electron chi connectivity index (χ3n) is 2.17. The van der Waals surface area contributed by atoms with E-state index in [1.165, 1.54) is 0 Å². The van der Waals surface area contributed by atoms with Gasteiger partial charge in [-0.05, 0) is 13.5 Å². The highest BCUT2D eigenvalue weighted by Crippen LogP contribution is 2.16. The molecular formula is C7H14N2O2. The third kappa shape index (κ3) is 1.70. The maximum atomic E-state index is 10.8. The van der Waals surface area contributed by atoms with Crippen molar-refractivity contribution in [3.63, 3.8) is 0 Å². The average Bonchev–Trinajstić information content (AvgIpc) is 2.30. The highest BCUT2D eigenvalue weighted by atomic mass is 16.5. The Kier molecular flexibility index (Phi) is 2.46. The second-order valence-corrected chi connectivity index (χ2v) is 2.95. The van der Waals surface area contributed by atoms with Gasteiger partial charge in [-0.2, -0.15) is 0 Å². The predicted octanol–water partition coefficient (Wildman–Crippen LogP) is -0.809. The summed E-state index contributed by atoms with van der Waals surface area (Å²) in [6.07, 6.45) is 0.889. The molecule has 2 atom stereocenters. The largest absolute Gasteiger partial charge is 0.380 e. The van der Waals surface area contributed by atoms with E-state index in [4.69, 9.17) is 10.5 Å². The Balaban J connectivity index is 2.51. The molecule has 0 bridgehead atoms. The van der Waals surface area contributed by atoms with Crippen LogP contribution in [-0.4, -0.2) is 43.7 Å². The van der Waals surface area contributed by atoms with Gasteiger partial charge in [-0.15, -0.1) is 0 Å². The summed E-state index contributed by atoms with van der Waals surface area (Å²) in [6, 6.07) is -0.139. The molecule has 0 aromatic heterocycles. The highest BCUT2D eigenvalue weighted by Gasteiger charge is 2.32. The zero-order valence-corrected chi connectivity index (χ0v) is 6.91. The summed E-state index contributed by atoms with van der Waals surface area (Å²) in [6.45, 7) is 0.796. The number of likely N-dealkylation sites (tertiary alicyclic amines) is 1. The van der Waals surface area contributed by atoms with Gasteiger partial charge in [-0.1, -0.05) is 0 Å². The van der Waals surface area contributed by atoms with Gasteiger partial charge in [-0.3, -0.25) is 9.69 Å². The molecule has 1 heterocycles. The Morgan fingerprint density at radius 1 is 1.73 bits per heavy atom. The van der Waals surface area contributed by atoms with Crippen molar-refractivity contribution in [3.05, 3.63) is 0 Å². The highest BCUT2D eigenvalue weighted by molar-refractivity contribution is 5.80. The molecule has 11 heavy (non-hydrogen) atoms. The van der Waals surface area contributed by atoms with E-state index < -0.39 is 0 Å². The van der Waals surface area contributed by atoms with Crippen LogP contribution < -0.4 is 5.73 Å². The smallest absolute Gasteiger partial charge is 0.234 e. The van der Waals surface area contributed by atoms with Gasteiger partial charge in [0.2, 0.25) is 5.91 Å². The van der Waals surface area contributed by atoms with E-state index in [2.05, 4.69) is 0 Å². The van der Waals surface area contributed by atoms with E-state index >= 15 is 0 Å². The van der Waals surface area contributed by atoms with Crippen molar-refractivity contribution in [3.8, 4) is 0 Å². The summed E-state index contributed by atoms with van der Waals surface area (Å²) in [5.41, 5.74) is 5.17. The van der Waals surface area contributed by atoms with Crippen molar-refractivity contribution in [2.75, 3.05) is 20.7 Å². The summed E-state index contributed by atoms with van der Waals surface area (Å²) >= 11 is 0. The SMILES string of the molecule is COC1CC(C(N)=O)N(C)C1. The molecule has 2 unspecified atom stereocenters. The number of nitrogens with two attached hydrogens (primary N) is 1. The van der Waals surface area contributed by atoms with Gasteiger partial charge in [0.25, 0.3) is 0 Å². The Labute approximate surface area is 66.3 Å². The Hall–Kier alpha value is -0.610. The van der Waals surface area contributed by atoms with Gasteiger partial charge in [0, 0.05) is 13.7 Å². The number of likely N-dealkylation sites (N-methyl/N-ethyl adjacent to an activating group) is 1. The molecule has 2 N–H and O–H groups in total. The molecule has 64 valence electrons. The molecule has 0 aromatic carbocycles. The van der Waals surface area contributed by atoms with Crippen LogP contribution >= 0.6 is 0 Å². The molecular weight excluding hydrogens is 144 g/mol. The van der Waals surface area contributed by atoms with Crippen molar-refractivity contribution in [2.45, 2.75) is 18.6 Å². The van der Waals surface area contributed by atoms with Crippen LogP contribution in [0, 0.1) is 0 Å². The van der Waals surface area contributed by atoms with Gasteiger partial charge in [0.1, 0.15) is 0 Å². The van der Waals surface area contributed by atoms with E-state index in [1.54, 1.807) is 7.11 Å². The molecule has 0 aliphatic carbocycles. The number of primary amides is 1. The molecule has 0 spiro atoms. The number of amides is 1. The first kappa shape index (κ1) is 8.49. The van der Waals surface area contributed by atoms with E-state index in [-0.39, 0.29) is 18.1 Å². The molecule has 1 amide bonds. The van der Waals surface area contributed by atoms with Crippen LogP contribution in [0.25, 0.3) is 0 Å². The number of hydrogen-bond donors (Lipinski definition) is 1. The standard InChI is InChI=1S/C7H14N2O2/c1-9-4-5(11-2)3-6(9)7(8)10/h5-6H,3-4H2,1-2H3,(H2,8,10). The zero-order chi connectivity index (χ0) is 8.43. The average molecular weight is 158 g/mol. The molecule has 1 aliphatic rings. The van der Waals surface area contributed by atoms with Crippen LogP contribution in [-0.2, 0) is 9.53 Å². The number of hydrogen-bond acceptors (Lipinski definition) is 3. The van der Waals surface area contributed by atoms with Crippen molar-refractivity contribution in [1.29, 1.82) is 0 Å². The summed E-state index contributed by atoms with van der Waals surface area (Å²) in [4.78, 5) is 12.7. The minimum atomic E-state index is -0.257. The quantitative estimate of drug-likeness (QED) is 0.572. The monoisotopic (exact) mass is 158 g/mol. The number of rotatable bonds is 2. The molecule has 4 nitrogen and oxygen atoms in total. The number of carbonyl (C=O) groups is 1. The first-order valence-electron chi connectivity index (χ1n) is 3.67. The summed E-state index contributed by atoms with van der Waals surface area (Å²) in [7, 11) is 3.54. The maximum Gasteiger partial charge on any atom is 0.234 e. The molecule has 1 saturated heterocycles. The second-order valence-electron chi connectivity index (χ2n) is 2.95. The minimum Gasteiger partial charge on any atom is -0.380 e. The first-order valence-corrected chi connectivity index (χ1v) is 3.67. The molecule has 1 aliphatic heterocycles. The Morgan fingerprint density at radius 3 is 2.64 bits per heavy atom.